The van der Waals surface area contributed by atoms with Gasteiger partial charge in [-0.3, -0.25) is 9.69 Å². The van der Waals surface area contributed by atoms with Gasteiger partial charge >= 0.3 is 5.97 Å². The zero-order valence-electron chi connectivity index (χ0n) is 22.2. The highest BCUT2D eigenvalue weighted by molar-refractivity contribution is 6.14. The average Bonchev–Trinajstić information content (AvgIpc) is 3.16. The number of aromatic carboxylic acids is 1. The van der Waals surface area contributed by atoms with Crippen molar-refractivity contribution in [2.24, 2.45) is 0 Å². The molecule has 0 aromatic heterocycles. The summed E-state index contributed by atoms with van der Waals surface area (Å²) in [7, 11) is 0. The molecule has 0 aliphatic carbocycles. The van der Waals surface area contributed by atoms with Gasteiger partial charge in [-0.2, -0.15) is 0 Å². The van der Waals surface area contributed by atoms with Crippen LogP contribution in [0.1, 0.15) is 85.2 Å². The molecule has 4 N–H and O–H groups in total. The molecule has 2 heterocycles. The van der Waals surface area contributed by atoms with E-state index in [-0.39, 0.29) is 41.3 Å². The van der Waals surface area contributed by atoms with Gasteiger partial charge in [0.2, 0.25) is 0 Å². The first kappa shape index (κ1) is 27.3. The fraction of sp³-hybridized carbons (Fsp3) is 0.400. The van der Waals surface area contributed by atoms with Gasteiger partial charge in [0.25, 0.3) is 5.91 Å². The first-order valence-electron chi connectivity index (χ1n) is 12.8. The molecule has 0 fully saturated rings. The third-order valence-corrected chi connectivity index (χ3v) is 7.43. The van der Waals surface area contributed by atoms with Crippen molar-refractivity contribution in [1.82, 2.24) is 0 Å². The van der Waals surface area contributed by atoms with Crippen LogP contribution in [0.2, 0.25) is 0 Å². The number of nitrogens with zero attached hydrogens (tertiary/aromatic N) is 1. The van der Waals surface area contributed by atoms with Crippen molar-refractivity contribution in [2.75, 3.05) is 4.90 Å². The summed E-state index contributed by atoms with van der Waals surface area (Å²) < 4.78 is 6.38. The van der Waals surface area contributed by atoms with Crippen molar-refractivity contribution in [3.63, 3.8) is 0 Å². The molecule has 0 bridgehead atoms. The second-order valence-electron chi connectivity index (χ2n) is 10.6. The maximum absolute atomic E-state index is 13.4. The number of carboxylic acid groups (broad SMARTS) is 1. The van der Waals surface area contributed by atoms with Gasteiger partial charge in [-0.15, -0.1) is 0 Å². The number of rotatable bonds is 8. The number of allylic oxidation sites excluding steroid dienone is 4. The van der Waals surface area contributed by atoms with Crippen LogP contribution < -0.4 is 9.64 Å². The number of phenolic OH excluding ortho intramolecular Hbond substituents is 2. The van der Waals surface area contributed by atoms with Crippen molar-refractivity contribution in [2.45, 2.75) is 78.0 Å². The van der Waals surface area contributed by atoms with E-state index in [1.807, 2.05) is 6.92 Å². The van der Waals surface area contributed by atoms with E-state index in [0.29, 0.717) is 29.7 Å². The smallest absolute Gasteiger partial charge is 0.337 e. The van der Waals surface area contributed by atoms with Gasteiger partial charge < -0.3 is 25.2 Å². The quantitative estimate of drug-likeness (QED) is 0.339. The van der Waals surface area contributed by atoms with E-state index in [0.717, 1.165) is 12.8 Å². The van der Waals surface area contributed by atoms with Gasteiger partial charge in [0, 0.05) is 17.5 Å². The van der Waals surface area contributed by atoms with Crippen molar-refractivity contribution < 1.29 is 34.8 Å². The van der Waals surface area contributed by atoms with Crippen LogP contribution in [0.3, 0.4) is 0 Å². The Labute approximate surface area is 222 Å². The van der Waals surface area contributed by atoms with Gasteiger partial charge in [0.1, 0.15) is 28.5 Å². The van der Waals surface area contributed by atoms with Crippen LogP contribution in [0, 0.1) is 0 Å². The summed E-state index contributed by atoms with van der Waals surface area (Å²) in [6.45, 7) is 8.03. The molecule has 0 spiro atoms. The number of ether oxygens (including phenoxy) is 1. The maximum Gasteiger partial charge on any atom is 0.337 e. The molecule has 2 aliphatic rings. The Morgan fingerprint density at radius 3 is 2.55 bits per heavy atom. The summed E-state index contributed by atoms with van der Waals surface area (Å²) in [5.74, 6) is -1.99. The second kappa shape index (κ2) is 10.5. The molecule has 0 radical (unpaired) electrons. The predicted octanol–water partition coefficient (Wildman–Crippen LogP) is 5.48. The zero-order chi connectivity index (χ0) is 27.8. The lowest BCUT2D eigenvalue weighted by atomic mass is 9.84. The zero-order valence-corrected chi connectivity index (χ0v) is 22.2. The molecule has 2 aromatic carbocycles. The fourth-order valence-corrected chi connectivity index (χ4v) is 5.17. The number of hydrogen-bond donors (Lipinski definition) is 4. The average molecular weight is 522 g/mol. The topological polar surface area (TPSA) is 128 Å². The predicted molar refractivity (Wildman–Crippen MR) is 144 cm³/mol. The lowest BCUT2D eigenvalue weighted by molar-refractivity contribution is -0.0597. The maximum atomic E-state index is 13.4. The first-order chi connectivity index (χ1) is 17.9. The molecule has 202 valence electrons. The van der Waals surface area contributed by atoms with E-state index in [9.17, 15) is 30.0 Å². The minimum Gasteiger partial charge on any atom is -0.508 e. The van der Waals surface area contributed by atoms with Gasteiger partial charge in [0.15, 0.2) is 0 Å². The number of anilines is 1. The Morgan fingerprint density at radius 1 is 1.13 bits per heavy atom. The summed E-state index contributed by atoms with van der Waals surface area (Å²) in [5.41, 5.74) is 2.35. The van der Waals surface area contributed by atoms with Crippen LogP contribution >= 0.6 is 0 Å². The molecular weight excluding hydrogens is 486 g/mol. The summed E-state index contributed by atoms with van der Waals surface area (Å²) in [5, 5.41) is 41.8. The first-order valence-corrected chi connectivity index (χ1v) is 12.8. The number of carbonyl (C=O) groups excluding carboxylic acids is 1. The van der Waals surface area contributed by atoms with E-state index in [1.165, 1.54) is 40.3 Å². The molecule has 8 nitrogen and oxygen atoms in total. The number of hydrogen-bond acceptors (Lipinski definition) is 6. The van der Waals surface area contributed by atoms with Gasteiger partial charge in [-0.05, 0) is 71.6 Å². The molecule has 1 amide bonds. The van der Waals surface area contributed by atoms with E-state index >= 15 is 0 Å². The van der Waals surface area contributed by atoms with Crippen LogP contribution in [-0.4, -0.2) is 44.0 Å². The number of fused-ring (bicyclic) bond motifs is 3. The summed E-state index contributed by atoms with van der Waals surface area (Å²) in [6, 6.07) is 5.37. The highest BCUT2D eigenvalue weighted by atomic mass is 16.5. The minimum atomic E-state index is -1.28. The summed E-state index contributed by atoms with van der Waals surface area (Å²) in [4.78, 5) is 26.4. The molecular formula is C30H35NO7. The molecule has 2 unspecified atom stereocenters. The number of benzene rings is 2. The van der Waals surface area contributed by atoms with Crippen molar-refractivity contribution in [1.29, 1.82) is 0 Å². The molecule has 2 aliphatic heterocycles. The van der Waals surface area contributed by atoms with Gasteiger partial charge in [-0.25, -0.2) is 4.79 Å². The Morgan fingerprint density at radius 2 is 1.87 bits per heavy atom. The van der Waals surface area contributed by atoms with Gasteiger partial charge in [-0.1, -0.05) is 29.4 Å². The standard InChI is InChI=1S/C30H35NO7/c1-17(2)8-5-9-18(3)10-7-13-30(4)25(34)15-21-24(33)14-20-22(27(21)38-30)16-31(28(20)35)26-19(29(36)37)11-6-12-23(26)32/h6,8,10-12,14,25,32-34H,5,7,9,13,15-16H2,1-4H3,(H,36,37)/b18-10+. The van der Waals surface area contributed by atoms with Crippen LogP contribution in [0.25, 0.3) is 0 Å². The number of carbonyl (C=O) groups is 2. The SMILES string of the molecule is CC(C)=CCC/C(C)=C/CCC1(C)Oc2c(c(O)cc3c2CN(c2c(O)cccc2C(=O)O)C3=O)CC1O. The van der Waals surface area contributed by atoms with Crippen LogP contribution in [-0.2, 0) is 13.0 Å². The Balaban J connectivity index is 1.62. The Bertz CT molecular complexity index is 1340. The number of amides is 1. The Hall–Kier alpha value is -3.78. The molecule has 0 saturated heterocycles. The third kappa shape index (κ3) is 5.13. The molecule has 8 heteroatoms. The normalized spacial score (nSPS) is 20.6. The van der Waals surface area contributed by atoms with Crippen molar-refractivity contribution in [3.05, 3.63) is 69.8 Å². The van der Waals surface area contributed by atoms with Crippen LogP contribution in [0.5, 0.6) is 17.2 Å². The summed E-state index contributed by atoms with van der Waals surface area (Å²) in [6.07, 6.45) is 6.79. The van der Waals surface area contributed by atoms with E-state index in [4.69, 9.17) is 4.74 Å². The number of aliphatic hydroxyl groups is 1. The van der Waals surface area contributed by atoms with Gasteiger partial charge in [0.05, 0.1) is 23.8 Å². The molecule has 4 rings (SSSR count). The minimum absolute atomic E-state index is 0.0375. The molecule has 38 heavy (non-hydrogen) atoms. The highest BCUT2D eigenvalue weighted by Crippen LogP contribution is 2.48. The number of aliphatic hydroxyl groups excluding tert-OH is 1. The molecule has 2 aromatic rings. The van der Waals surface area contributed by atoms with E-state index in [2.05, 4.69) is 32.9 Å². The lowest BCUT2D eigenvalue weighted by Gasteiger charge is -2.40. The summed E-state index contributed by atoms with van der Waals surface area (Å²) >= 11 is 0. The molecule has 2 atom stereocenters. The largest absolute Gasteiger partial charge is 0.508 e. The van der Waals surface area contributed by atoms with E-state index in [1.54, 1.807) is 0 Å². The van der Waals surface area contributed by atoms with Crippen molar-refractivity contribution >= 4 is 17.6 Å². The van der Waals surface area contributed by atoms with Crippen LogP contribution in [0.15, 0.2) is 47.6 Å². The number of carboxylic acids is 1. The second-order valence-corrected chi connectivity index (χ2v) is 10.6. The number of aromatic hydroxyl groups is 2. The third-order valence-electron chi connectivity index (χ3n) is 7.43. The molecule has 0 saturated carbocycles. The Kier molecular flexibility index (Phi) is 7.56. The van der Waals surface area contributed by atoms with Crippen LogP contribution in [0.4, 0.5) is 5.69 Å². The highest BCUT2D eigenvalue weighted by Gasteiger charge is 2.45. The number of para-hydroxylation sites is 1. The monoisotopic (exact) mass is 521 g/mol. The fourth-order valence-electron chi connectivity index (χ4n) is 5.17. The van der Waals surface area contributed by atoms with Crippen molar-refractivity contribution in [3.8, 4) is 17.2 Å². The number of phenols is 2. The lowest BCUT2D eigenvalue weighted by Crippen LogP contribution is -2.49. The van der Waals surface area contributed by atoms with E-state index < -0.39 is 23.6 Å².